The Bertz CT molecular complexity index is 1030. The van der Waals surface area contributed by atoms with E-state index in [2.05, 4.69) is 0 Å². The molecule has 0 unspecified atom stereocenters. The Morgan fingerprint density at radius 2 is 1.48 bits per heavy atom. The van der Waals surface area contributed by atoms with E-state index in [0.29, 0.717) is 0 Å². The van der Waals surface area contributed by atoms with Crippen LogP contribution in [0.15, 0.2) is 42.5 Å². The number of ether oxygens (including phenoxy) is 1. The molecule has 0 atom stereocenters. The topological polar surface area (TPSA) is 55.4 Å². The van der Waals surface area contributed by atoms with Crippen molar-refractivity contribution < 1.29 is 45.1 Å². The number of esters is 1. The molecule has 2 rings (SSSR count). The number of rotatable bonds is 7. The molecule has 0 saturated carbocycles. The van der Waals surface area contributed by atoms with Crippen molar-refractivity contribution in [1.82, 2.24) is 0 Å². The number of halogens is 7. The molecule has 2 aromatic rings. The van der Waals surface area contributed by atoms with E-state index >= 15 is 0 Å². The number of carbonyl (C=O) groups is 2. The van der Waals surface area contributed by atoms with Gasteiger partial charge in [-0.05, 0) is 12.0 Å². The minimum absolute atomic E-state index is 0.00248. The predicted molar refractivity (Wildman–Crippen MR) is 104 cm³/mol. The quantitative estimate of drug-likeness (QED) is 0.233. The zero-order valence-electron chi connectivity index (χ0n) is 17.3. The molecule has 0 aromatic heterocycles. The van der Waals surface area contributed by atoms with E-state index in [9.17, 15) is 40.3 Å². The van der Waals surface area contributed by atoms with E-state index in [-0.39, 0.29) is 13.0 Å². The lowest BCUT2D eigenvalue weighted by Crippen LogP contribution is -2.31. The van der Waals surface area contributed by atoms with Crippen molar-refractivity contribution in [3.63, 3.8) is 0 Å². The average molecular weight is 477 g/mol. The minimum Gasteiger partial charge on any atom is -0.458 e. The Morgan fingerprint density at radius 3 is 2.00 bits per heavy atom. The fourth-order valence-electron chi connectivity index (χ4n) is 2.59. The number of alkyl halides is 3. The first kappa shape index (κ1) is 25.9. The molecule has 0 saturated heterocycles. The summed E-state index contributed by atoms with van der Waals surface area (Å²) in [6.45, 7) is 2.54. The molecular formula is C22H18F7NO3. The van der Waals surface area contributed by atoms with Gasteiger partial charge in [0.05, 0.1) is 0 Å². The van der Waals surface area contributed by atoms with E-state index in [1.807, 2.05) is 0 Å². The molecule has 0 aliphatic rings. The van der Waals surface area contributed by atoms with Gasteiger partial charge in [-0.15, -0.1) is 0 Å². The Hall–Kier alpha value is -3.37. The maximum atomic E-state index is 14.0. The third kappa shape index (κ3) is 6.33. The molecule has 11 heteroatoms. The van der Waals surface area contributed by atoms with Crippen LogP contribution in [0.3, 0.4) is 0 Å². The summed E-state index contributed by atoms with van der Waals surface area (Å²) in [6.07, 6.45) is -3.64. The Kier molecular flexibility index (Phi) is 7.89. The third-order valence-corrected chi connectivity index (χ3v) is 4.51. The molecular weight excluding hydrogens is 459 g/mol. The van der Waals surface area contributed by atoms with Gasteiger partial charge < -0.3 is 10.1 Å². The Labute approximate surface area is 184 Å². The number of hydrogen-bond donors (Lipinski definition) is 1. The van der Waals surface area contributed by atoms with E-state index < -0.39 is 58.0 Å². The molecule has 0 bridgehead atoms. The second-order valence-electron chi connectivity index (χ2n) is 7.54. The largest absolute Gasteiger partial charge is 0.458 e. The number of anilines is 1. The van der Waals surface area contributed by atoms with Crippen molar-refractivity contribution in [1.29, 1.82) is 0 Å². The molecule has 0 aliphatic heterocycles. The monoisotopic (exact) mass is 477 g/mol. The van der Waals surface area contributed by atoms with Crippen molar-refractivity contribution in [2.45, 2.75) is 33.1 Å². The number of amides is 1. The van der Waals surface area contributed by atoms with E-state index in [1.54, 1.807) is 35.6 Å². The van der Waals surface area contributed by atoms with Gasteiger partial charge in [-0.2, -0.15) is 13.2 Å². The van der Waals surface area contributed by atoms with Crippen LogP contribution in [-0.4, -0.2) is 11.9 Å². The van der Waals surface area contributed by atoms with Crippen molar-refractivity contribution in [2.75, 3.05) is 5.32 Å². The molecule has 0 heterocycles. The Balaban J connectivity index is 2.08. The first-order valence-electron chi connectivity index (χ1n) is 9.37. The molecule has 0 fully saturated rings. The molecule has 0 aliphatic carbocycles. The van der Waals surface area contributed by atoms with Gasteiger partial charge in [0.15, 0.2) is 23.3 Å². The van der Waals surface area contributed by atoms with Crippen molar-refractivity contribution in [2.24, 2.45) is 5.41 Å². The normalized spacial score (nSPS) is 12.2. The number of nitrogens with one attached hydrogen (secondary N) is 1. The zero-order chi connectivity index (χ0) is 25.0. The van der Waals surface area contributed by atoms with E-state index in [0.717, 1.165) is 11.6 Å². The van der Waals surface area contributed by atoms with Crippen molar-refractivity contribution >= 4 is 17.6 Å². The summed E-state index contributed by atoms with van der Waals surface area (Å²) in [6, 6.07) is 8.75. The second-order valence-corrected chi connectivity index (χ2v) is 7.54. The van der Waals surface area contributed by atoms with Crippen LogP contribution in [0.4, 0.5) is 36.4 Å². The minimum atomic E-state index is -5.70. The number of carbonyl (C=O) groups excluding carboxylic acids is 2. The van der Waals surface area contributed by atoms with Crippen LogP contribution in [0.1, 0.15) is 31.4 Å². The number of benzene rings is 2. The Morgan fingerprint density at radius 1 is 0.939 bits per heavy atom. The van der Waals surface area contributed by atoms with Crippen LogP contribution in [0.5, 0.6) is 0 Å². The summed E-state index contributed by atoms with van der Waals surface area (Å²) in [5, 5.41) is 1.58. The fraction of sp³-hybridized carbons (Fsp3) is 0.273. The highest BCUT2D eigenvalue weighted by molar-refractivity contribution is 5.95. The molecule has 0 radical (unpaired) electrons. The van der Waals surface area contributed by atoms with Crippen LogP contribution in [0, 0.1) is 28.7 Å². The summed E-state index contributed by atoms with van der Waals surface area (Å²) in [5.41, 5.74) is -5.18. The van der Waals surface area contributed by atoms with Crippen LogP contribution < -0.4 is 5.32 Å². The predicted octanol–water partition coefficient (Wildman–Crippen LogP) is 5.92. The standard InChI is InChI=1S/C22H18F7NO3/c1-21(2,10-6-9-13(31)33-11-12-7-4-3-5-8-12)20(32)30-19-17(25)15(23)14(22(27,28)29)16(24)18(19)26/h3-9H,10-11H2,1-2H3,(H,30,32)/b9-6+. The van der Waals surface area contributed by atoms with Crippen molar-refractivity contribution in [3.05, 3.63) is 76.9 Å². The van der Waals surface area contributed by atoms with Gasteiger partial charge in [-0.3, -0.25) is 4.79 Å². The van der Waals surface area contributed by atoms with Gasteiger partial charge in [0.1, 0.15) is 17.9 Å². The molecule has 1 N–H and O–H groups in total. The lowest BCUT2D eigenvalue weighted by Gasteiger charge is -2.23. The molecule has 178 valence electrons. The highest BCUT2D eigenvalue weighted by Gasteiger charge is 2.43. The van der Waals surface area contributed by atoms with Crippen LogP contribution in [-0.2, 0) is 27.1 Å². The molecule has 33 heavy (non-hydrogen) atoms. The lowest BCUT2D eigenvalue weighted by atomic mass is 9.88. The average Bonchev–Trinajstić information content (AvgIpc) is 2.73. The summed E-state index contributed by atoms with van der Waals surface area (Å²) < 4.78 is 98.4. The van der Waals surface area contributed by atoms with Gasteiger partial charge >= 0.3 is 12.1 Å². The smallest absolute Gasteiger partial charge is 0.422 e. The van der Waals surface area contributed by atoms with Gasteiger partial charge in [0.25, 0.3) is 0 Å². The summed E-state index contributed by atoms with van der Waals surface area (Å²) in [5.74, 6) is -12.1. The van der Waals surface area contributed by atoms with Gasteiger partial charge in [0, 0.05) is 11.5 Å². The van der Waals surface area contributed by atoms with Gasteiger partial charge in [0.2, 0.25) is 5.91 Å². The first-order valence-corrected chi connectivity index (χ1v) is 9.37. The molecule has 2 aromatic carbocycles. The van der Waals surface area contributed by atoms with Gasteiger partial charge in [-0.25, -0.2) is 22.4 Å². The fourth-order valence-corrected chi connectivity index (χ4v) is 2.59. The maximum absolute atomic E-state index is 14.0. The molecule has 4 nitrogen and oxygen atoms in total. The summed E-state index contributed by atoms with van der Waals surface area (Å²) in [7, 11) is 0. The number of allylic oxidation sites excluding steroid dienone is 1. The maximum Gasteiger partial charge on any atom is 0.422 e. The molecule has 1 amide bonds. The third-order valence-electron chi connectivity index (χ3n) is 4.51. The SMILES string of the molecule is CC(C)(C/C=C/C(=O)OCc1ccccc1)C(=O)Nc1c(F)c(F)c(C(F)(F)F)c(F)c1F. The first-order chi connectivity index (χ1) is 15.3. The summed E-state index contributed by atoms with van der Waals surface area (Å²) in [4.78, 5) is 24.1. The van der Waals surface area contributed by atoms with E-state index in [1.165, 1.54) is 19.9 Å². The van der Waals surface area contributed by atoms with Crippen LogP contribution in [0.25, 0.3) is 0 Å². The second kappa shape index (κ2) is 10.1. The summed E-state index contributed by atoms with van der Waals surface area (Å²) >= 11 is 0. The van der Waals surface area contributed by atoms with Crippen molar-refractivity contribution in [3.8, 4) is 0 Å². The zero-order valence-corrected chi connectivity index (χ0v) is 17.3. The number of hydrogen-bond acceptors (Lipinski definition) is 3. The lowest BCUT2D eigenvalue weighted by molar-refractivity contribution is -0.143. The highest BCUT2D eigenvalue weighted by Crippen LogP contribution is 2.39. The van der Waals surface area contributed by atoms with Crippen LogP contribution >= 0.6 is 0 Å². The highest BCUT2D eigenvalue weighted by atomic mass is 19.4. The van der Waals surface area contributed by atoms with E-state index in [4.69, 9.17) is 4.74 Å². The molecule has 0 spiro atoms. The van der Waals surface area contributed by atoms with Crippen LogP contribution in [0.2, 0.25) is 0 Å². The van der Waals surface area contributed by atoms with Gasteiger partial charge in [-0.1, -0.05) is 50.3 Å².